The average molecular weight is 293 g/mol. The van der Waals surface area contributed by atoms with Gasteiger partial charge >= 0.3 is 11.9 Å². The highest BCUT2D eigenvalue weighted by molar-refractivity contribution is 5.79. The van der Waals surface area contributed by atoms with E-state index < -0.39 is 18.0 Å². The molecule has 5 heteroatoms. The van der Waals surface area contributed by atoms with E-state index in [1.165, 1.54) is 6.08 Å². The summed E-state index contributed by atoms with van der Waals surface area (Å²) in [5.41, 5.74) is 6.27. The van der Waals surface area contributed by atoms with E-state index >= 15 is 0 Å². The Balaban J connectivity index is 0.000000400. The lowest BCUT2D eigenvalue weighted by molar-refractivity contribution is -0.138. The Morgan fingerprint density at radius 2 is 1.71 bits per heavy atom. The van der Waals surface area contributed by atoms with Gasteiger partial charge < -0.3 is 15.9 Å². The molecule has 0 fully saturated rings. The fraction of sp³-hybridized carbons (Fsp3) is 0.375. The zero-order valence-corrected chi connectivity index (χ0v) is 12.6. The molecule has 21 heavy (non-hydrogen) atoms. The Labute approximate surface area is 125 Å². The number of carboxylic acids is 2. The van der Waals surface area contributed by atoms with E-state index in [1.807, 2.05) is 51.1 Å². The molecule has 1 aromatic rings. The minimum atomic E-state index is -0.959. The monoisotopic (exact) mass is 293 g/mol. The van der Waals surface area contributed by atoms with Crippen LogP contribution in [0.1, 0.15) is 26.3 Å². The summed E-state index contributed by atoms with van der Waals surface area (Å²) < 4.78 is 0. The van der Waals surface area contributed by atoms with Gasteiger partial charge in [-0.05, 0) is 17.4 Å². The highest BCUT2D eigenvalue weighted by atomic mass is 16.4. The Morgan fingerprint density at radius 3 is 2.05 bits per heavy atom. The maximum Gasteiger partial charge on any atom is 0.327 e. The number of carbonyl (C=O) groups is 2. The van der Waals surface area contributed by atoms with Gasteiger partial charge in [0.25, 0.3) is 0 Å². The quantitative estimate of drug-likeness (QED) is 0.740. The zero-order chi connectivity index (χ0) is 16.5. The third-order valence-electron chi connectivity index (χ3n) is 2.34. The van der Waals surface area contributed by atoms with Crippen molar-refractivity contribution in [1.29, 1.82) is 0 Å². The zero-order valence-electron chi connectivity index (χ0n) is 12.6. The van der Waals surface area contributed by atoms with Crippen LogP contribution in [0.3, 0.4) is 0 Å². The van der Waals surface area contributed by atoms with Crippen LogP contribution in [-0.4, -0.2) is 28.2 Å². The van der Waals surface area contributed by atoms with Crippen molar-refractivity contribution in [1.82, 2.24) is 0 Å². The van der Waals surface area contributed by atoms with E-state index in [4.69, 9.17) is 15.9 Å². The second kappa shape index (κ2) is 8.92. The lowest BCUT2D eigenvalue weighted by Gasteiger charge is -2.09. The molecule has 116 valence electrons. The third-order valence-corrected chi connectivity index (χ3v) is 2.34. The second-order valence-electron chi connectivity index (χ2n) is 5.67. The van der Waals surface area contributed by atoms with Gasteiger partial charge in [-0.25, -0.2) is 4.79 Å². The minimum absolute atomic E-state index is 0.0294. The summed E-state index contributed by atoms with van der Waals surface area (Å²) >= 11 is 0. The molecule has 0 amide bonds. The second-order valence-corrected chi connectivity index (χ2v) is 5.67. The van der Waals surface area contributed by atoms with Crippen molar-refractivity contribution in [3.8, 4) is 0 Å². The molecule has 0 bridgehead atoms. The summed E-state index contributed by atoms with van der Waals surface area (Å²) in [6, 6.07) is 8.54. The van der Waals surface area contributed by atoms with E-state index in [9.17, 15) is 9.59 Å². The van der Waals surface area contributed by atoms with Gasteiger partial charge in [0, 0.05) is 6.08 Å². The molecule has 0 saturated heterocycles. The lowest BCUT2D eigenvalue weighted by Crippen LogP contribution is -2.32. The van der Waals surface area contributed by atoms with E-state index in [0.29, 0.717) is 6.42 Å². The number of rotatable bonds is 4. The Hall–Kier alpha value is -2.14. The fourth-order valence-electron chi connectivity index (χ4n) is 1.28. The molecular formula is C16H23NO4. The van der Waals surface area contributed by atoms with Crippen LogP contribution in [0.25, 0.3) is 0 Å². The number of carboxylic acid groups (broad SMARTS) is 2. The predicted molar refractivity (Wildman–Crippen MR) is 82.0 cm³/mol. The molecule has 1 rings (SSSR count). The minimum Gasteiger partial charge on any atom is -0.480 e. The van der Waals surface area contributed by atoms with Crippen LogP contribution in [0, 0.1) is 5.41 Å². The number of hydrogen-bond donors (Lipinski definition) is 3. The van der Waals surface area contributed by atoms with Crippen molar-refractivity contribution < 1.29 is 19.8 Å². The van der Waals surface area contributed by atoms with Crippen LogP contribution in [-0.2, 0) is 16.0 Å². The Kier molecular flexibility index (Phi) is 8.01. The van der Waals surface area contributed by atoms with Crippen LogP contribution in [0.5, 0.6) is 0 Å². The maximum absolute atomic E-state index is 10.4. The van der Waals surface area contributed by atoms with E-state index in [2.05, 4.69) is 0 Å². The normalized spacial score (nSPS) is 12.4. The molecule has 0 aliphatic rings. The molecule has 0 heterocycles. The number of allylic oxidation sites excluding steroid dienone is 1. The van der Waals surface area contributed by atoms with Gasteiger partial charge in [-0.3, -0.25) is 4.79 Å². The highest BCUT2D eigenvalue weighted by Gasteiger charge is 2.10. The molecule has 0 aliphatic heterocycles. The fourth-order valence-corrected chi connectivity index (χ4v) is 1.28. The molecule has 5 nitrogen and oxygen atoms in total. The van der Waals surface area contributed by atoms with E-state index in [-0.39, 0.29) is 5.41 Å². The van der Waals surface area contributed by atoms with E-state index in [1.54, 1.807) is 6.08 Å². The standard InChI is InChI=1S/C9H11NO2.C7H12O2/c10-8(9(11)12)6-7-4-2-1-3-5-7;1-7(2,3)5-4-6(8)9/h1-5,8H,6,10H2,(H,11,12);4-5H,1-3H3,(H,8,9)/t8-;/m0./s1. The molecule has 0 aliphatic carbocycles. The van der Waals surface area contributed by atoms with Crippen molar-refractivity contribution in [2.75, 3.05) is 0 Å². The van der Waals surface area contributed by atoms with Crippen LogP contribution in [0.15, 0.2) is 42.5 Å². The highest BCUT2D eigenvalue weighted by Crippen LogP contribution is 2.13. The predicted octanol–water partition coefficient (Wildman–Crippen LogP) is 2.31. The summed E-state index contributed by atoms with van der Waals surface area (Å²) in [4.78, 5) is 20.3. The summed E-state index contributed by atoms with van der Waals surface area (Å²) in [6.07, 6.45) is 3.21. The molecule has 0 spiro atoms. The Bertz CT molecular complexity index is 475. The van der Waals surface area contributed by atoms with Crippen LogP contribution in [0.2, 0.25) is 0 Å². The van der Waals surface area contributed by atoms with Crippen molar-refractivity contribution >= 4 is 11.9 Å². The first-order valence-corrected chi connectivity index (χ1v) is 6.56. The number of aliphatic carboxylic acids is 2. The maximum atomic E-state index is 10.4. The number of nitrogens with two attached hydrogens (primary N) is 1. The molecule has 0 unspecified atom stereocenters. The molecular weight excluding hydrogens is 270 g/mol. The first-order chi connectivity index (χ1) is 9.61. The van der Waals surface area contributed by atoms with Crippen LogP contribution < -0.4 is 5.73 Å². The molecule has 1 atom stereocenters. The van der Waals surface area contributed by atoms with Crippen molar-refractivity contribution in [2.45, 2.75) is 33.2 Å². The number of benzene rings is 1. The van der Waals surface area contributed by atoms with Gasteiger partial charge in [0.1, 0.15) is 6.04 Å². The first kappa shape index (κ1) is 18.9. The summed E-state index contributed by atoms with van der Waals surface area (Å²) in [5, 5.41) is 16.7. The lowest BCUT2D eigenvalue weighted by atomic mass is 9.96. The third kappa shape index (κ3) is 11.4. The van der Waals surface area contributed by atoms with Crippen LogP contribution >= 0.6 is 0 Å². The molecule has 0 radical (unpaired) electrons. The van der Waals surface area contributed by atoms with Gasteiger partial charge in [-0.1, -0.05) is 57.2 Å². The van der Waals surface area contributed by atoms with Crippen molar-refractivity contribution in [2.24, 2.45) is 11.1 Å². The molecule has 0 saturated carbocycles. The van der Waals surface area contributed by atoms with Crippen molar-refractivity contribution in [3.05, 3.63) is 48.0 Å². The molecule has 4 N–H and O–H groups in total. The van der Waals surface area contributed by atoms with Gasteiger partial charge in [0.2, 0.25) is 0 Å². The SMILES string of the molecule is CC(C)(C)C=CC(=O)O.N[C@@H](Cc1ccccc1)C(=O)O. The van der Waals surface area contributed by atoms with E-state index in [0.717, 1.165) is 5.56 Å². The first-order valence-electron chi connectivity index (χ1n) is 6.56. The van der Waals surface area contributed by atoms with Gasteiger partial charge in [0.15, 0.2) is 0 Å². The number of hydrogen-bond acceptors (Lipinski definition) is 3. The average Bonchev–Trinajstić information content (AvgIpc) is 2.37. The topological polar surface area (TPSA) is 101 Å². The molecule has 1 aromatic carbocycles. The summed E-state index contributed by atoms with van der Waals surface area (Å²) in [5.74, 6) is -1.84. The van der Waals surface area contributed by atoms with Gasteiger partial charge in [-0.2, -0.15) is 0 Å². The van der Waals surface area contributed by atoms with Crippen LogP contribution in [0.4, 0.5) is 0 Å². The Morgan fingerprint density at radius 1 is 1.19 bits per heavy atom. The van der Waals surface area contributed by atoms with Gasteiger partial charge in [-0.15, -0.1) is 0 Å². The molecule has 0 aromatic heterocycles. The van der Waals surface area contributed by atoms with Gasteiger partial charge in [0.05, 0.1) is 0 Å². The smallest absolute Gasteiger partial charge is 0.327 e. The summed E-state index contributed by atoms with van der Waals surface area (Å²) in [7, 11) is 0. The van der Waals surface area contributed by atoms with Crippen molar-refractivity contribution in [3.63, 3.8) is 0 Å². The summed E-state index contributed by atoms with van der Waals surface area (Å²) in [6.45, 7) is 5.85. The largest absolute Gasteiger partial charge is 0.480 e.